The summed E-state index contributed by atoms with van der Waals surface area (Å²) >= 11 is 0. The lowest BCUT2D eigenvalue weighted by Gasteiger charge is -2.32. The molecule has 1 saturated heterocycles. The first-order chi connectivity index (χ1) is 25.9. The average Bonchev–Trinajstić information content (AvgIpc) is 4.03. The average molecular weight is 784 g/mol. The number of methoxy groups -OCH3 is 1. The van der Waals surface area contributed by atoms with Gasteiger partial charge in [0.25, 0.3) is 5.91 Å². The summed E-state index contributed by atoms with van der Waals surface area (Å²) in [7, 11) is 3.22. The van der Waals surface area contributed by atoms with Crippen molar-refractivity contribution in [3.63, 3.8) is 0 Å². The van der Waals surface area contributed by atoms with Gasteiger partial charge in [-0.2, -0.15) is 4.98 Å². The van der Waals surface area contributed by atoms with Gasteiger partial charge in [-0.15, -0.1) is 0 Å². The zero-order valence-corrected chi connectivity index (χ0v) is 33.4. The second kappa shape index (κ2) is 15.5. The third-order valence-electron chi connectivity index (χ3n) is 10.3. The van der Waals surface area contributed by atoms with Crippen LogP contribution >= 0.6 is 0 Å². The molecule has 3 heterocycles. The number of ether oxygens (including phenoxy) is 3. The minimum atomic E-state index is -3.91. The largest absolute Gasteiger partial charge is 0.497 e. The fourth-order valence-electron chi connectivity index (χ4n) is 7.11. The van der Waals surface area contributed by atoms with E-state index in [0.717, 1.165) is 5.39 Å². The minimum Gasteiger partial charge on any atom is -0.497 e. The van der Waals surface area contributed by atoms with E-state index in [9.17, 15) is 27.6 Å². The Morgan fingerprint density at radius 1 is 1.11 bits per heavy atom. The Balaban J connectivity index is 1.35. The zero-order chi connectivity index (χ0) is 39.9. The molecule has 2 aromatic rings. The molecule has 2 aliphatic heterocycles. The quantitative estimate of drug-likeness (QED) is 0.332. The molecular weight excluding hydrogens is 731 g/mol. The lowest BCUT2D eigenvalue weighted by atomic mass is 10.1. The number of fused-ring (bicyclic) bond motifs is 3. The maximum Gasteiger partial charge on any atom is 0.408 e. The fourth-order valence-corrected chi connectivity index (χ4v) is 8.48. The molecule has 0 bridgehead atoms. The number of nitrogens with zero attached hydrogens (tertiary/aromatic N) is 4. The van der Waals surface area contributed by atoms with Crippen LogP contribution < -0.4 is 29.7 Å². The molecule has 4 amide bonds. The molecule has 2 aliphatic carbocycles. The second-order valence-electron chi connectivity index (χ2n) is 16.2. The van der Waals surface area contributed by atoms with E-state index in [4.69, 9.17) is 19.2 Å². The number of carbonyl (C=O) groups excluding carboxylic acids is 4. The highest BCUT2D eigenvalue weighted by Gasteiger charge is 2.62. The van der Waals surface area contributed by atoms with Crippen LogP contribution in [0.3, 0.4) is 0 Å². The molecule has 4 aliphatic rings. The number of hydrogen-bond acceptors (Lipinski definition) is 12. The van der Waals surface area contributed by atoms with Gasteiger partial charge in [0.15, 0.2) is 0 Å². The third kappa shape index (κ3) is 9.26. The van der Waals surface area contributed by atoms with Crippen molar-refractivity contribution in [2.75, 3.05) is 52.8 Å². The van der Waals surface area contributed by atoms with Gasteiger partial charge < -0.3 is 39.5 Å². The van der Waals surface area contributed by atoms with Crippen LogP contribution in [0, 0.1) is 5.92 Å². The Hall–Kier alpha value is -4.64. The maximum absolute atomic E-state index is 14.6. The topological polar surface area (TPSA) is 189 Å². The summed E-state index contributed by atoms with van der Waals surface area (Å²) in [5.74, 6) is -0.875. The molecule has 1 aromatic heterocycles. The van der Waals surface area contributed by atoms with Crippen molar-refractivity contribution in [1.29, 1.82) is 0 Å². The van der Waals surface area contributed by atoms with Crippen LogP contribution in [0.5, 0.6) is 11.6 Å². The number of benzene rings is 1. The number of rotatable bonds is 8. The summed E-state index contributed by atoms with van der Waals surface area (Å²) in [6, 6.07) is 5.14. The molecule has 3 N–H and O–H groups in total. The number of alkyl carbamates (subject to hydrolysis) is 1. The van der Waals surface area contributed by atoms with Crippen molar-refractivity contribution in [1.82, 2.24) is 30.1 Å². The standard InChI is InChI=1S/C38H53N7O9S/c1-37(2,3)54-36(49)39-29-22-44(6)16-10-8-9-11-24-20-38(24,35(48)42-55(50,51)27-13-14-27)41-32(46)30-19-26(21-45(30)34(29)47)53-33-28-15-12-25(52-7)17-23(28)18-31(40-33)43(4)5/h9,11-12,15,17-18,24,26-27,29-30H,8,10,13-14,16,19-22H2,1-7H3,(H,39,49)(H,41,46)(H,42,48)/b11-9-/t24-,26?,29+,30+,38-/m1/s1. The Morgan fingerprint density at radius 3 is 2.53 bits per heavy atom. The monoisotopic (exact) mass is 783 g/mol. The van der Waals surface area contributed by atoms with Gasteiger partial charge in [0.1, 0.15) is 40.9 Å². The molecule has 17 heteroatoms. The summed E-state index contributed by atoms with van der Waals surface area (Å²) in [6.07, 6.45) is 4.76. The maximum atomic E-state index is 14.6. The SMILES string of the molecule is COc1ccc2c(OC3C[C@H]4C(=O)N[C@]5(C(=O)NS(=O)(=O)C6CC6)C[C@H]5/C=C\CCCN(C)C[C@H](NC(=O)OC(C)(C)C)C(=O)N4C3)nc(N(C)C)cc2c1. The number of hydrogen-bond donors (Lipinski definition) is 3. The first kappa shape index (κ1) is 40.0. The van der Waals surface area contributed by atoms with Gasteiger partial charge >= 0.3 is 6.09 Å². The van der Waals surface area contributed by atoms with Crippen LogP contribution in [-0.2, 0) is 29.1 Å². The summed E-state index contributed by atoms with van der Waals surface area (Å²) in [5, 5.41) is 6.48. The number of likely N-dealkylation sites (N-methyl/N-ethyl adjacent to an activating group) is 1. The zero-order valence-electron chi connectivity index (χ0n) is 32.6. The van der Waals surface area contributed by atoms with Gasteiger partial charge in [0.2, 0.25) is 27.7 Å². The van der Waals surface area contributed by atoms with E-state index >= 15 is 0 Å². The molecule has 0 spiro atoms. The summed E-state index contributed by atoms with van der Waals surface area (Å²) in [5.41, 5.74) is -2.35. The molecular formula is C38H53N7O9S. The van der Waals surface area contributed by atoms with Crippen molar-refractivity contribution < 1.29 is 41.8 Å². The van der Waals surface area contributed by atoms with E-state index in [1.807, 2.05) is 61.3 Å². The second-order valence-corrected chi connectivity index (χ2v) is 18.2. The van der Waals surface area contributed by atoms with Crippen LogP contribution in [0.2, 0.25) is 0 Å². The Bertz CT molecular complexity index is 1960. The van der Waals surface area contributed by atoms with Gasteiger partial charge in [-0.25, -0.2) is 13.2 Å². The number of allylic oxidation sites excluding steroid dienone is 1. The van der Waals surface area contributed by atoms with Gasteiger partial charge in [0.05, 0.1) is 18.9 Å². The highest BCUT2D eigenvalue weighted by Crippen LogP contribution is 2.46. The highest BCUT2D eigenvalue weighted by molar-refractivity contribution is 7.91. The van der Waals surface area contributed by atoms with E-state index in [-0.39, 0.29) is 25.9 Å². The first-order valence-corrected chi connectivity index (χ1v) is 20.3. The van der Waals surface area contributed by atoms with Crippen molar-refractivity contribution in [3.05, 3.63) is 36.4 Å². The molecule has 2 saturated carbocycles. The number of anilines is 1. The molecule has 1 aromatic carbocycles. The predicted molar refractivity (Wildman–Crippen MR) is 205 cm³/mol. The molecule has 16 nitrogen and oxygen atoms in total. The number of nitrogens with one attached hydrogen (secondary N) is 3. The molecule has 1 unspecified atom stereocenters. The summed E-state index contributed by atoms with van der Waals surface area (Å²) < 4.78 is 45.5. The Labute approximate surface area is 322 Å². The van der Waals surface area contributed by atoms with E-state index in [2.05, 4.69) is 15.4 Å². The minimum absolute atomic E-state index is 0.0245. The van der Waals surface area contributed by atoms with Gasteiger partial charge in [-0.05, 0) is 96.1 Å². The molecule has 55 heavy (non-hydrogen) atoms. The van der Waals surface area contributed by atoms with Crippen molar-refractivity contribution in [2.45, 2.75) is 93.9 Å². The number of sulfonamides is 1. The first-order valence-electron chi connectivity index (χ1n) is 18.7. The molecule has 0 radical (unpaired) electrons. The summed E-state index contributed by atoms with van der Waals surface area (Å²) in [4.78, 5) is 65.9. The fraction of sp³-hybridized carbons (Fsp3) is 0.605. The number of carbonyl (C=O) groups is 4. The van der Waals surface area contributed by atoms with Crippen molar-refractivity contribution in [2.24, 2.45) is 5.92 Å². The van der Waals surface area contributed by atoms with Crippen LogP contribution in [0.15, 0.2) is 36.4 Å². The van der Waals surface area contributed by atoms with Crippen LogP contribution in [-0.4, -0.2) is 129 Å². The number of pyridine rings is 1. The van der Waals surface area contributed by atoms with Crippen LogP contribution in [0.1, 0.15) is 59.3 Å². The molecule has 300 valence electrons. The summed E-state index contributed by atoms with van der Waals surface area (Å²) in [6.45, 7) is 5.83. The van der Waals surface area contributed by atoms with Crippen molar-refractivity contribution >= 4 is 50.4 Å². The number of aromatic nitrogens is 1. The normalized spacial score (nSPS) is 27.1. The third-order valence-corrected chi connectivity index (χ3v) is 12.1. The van der Waals surface area contributed by atoms with E-state index in [1.54, 1.807) is 33.9 Å². The van der Waals surface area contributed by atoms with Gasteiger partial charge in [-0.1, -0.05) is 12.2 Å². The van der Waals surface area contributed by atoms with Crippen LogP contribution in [0.4, 0.5) is 10.6 Å². The highest BCUT2D eigenvalue weighted by atomic mass is 32.2. The lowest BCUT2D eigenvalue weighted by molar-refractivity contribution is -0.141. The predicted octanol–water partition coefficient (Wildman–Crippen LogP) is 2.32. The van der Waals surface area contributed by atoms with E-state index in [1.165, 1.54) is 4.90 Å². The van der Waals surface area contributed by atoms with Gasteiger partial charge in [0, 0.05) is 38.4 Å². The molecule has 6 rings (SSSR count). The molecule has 3 fully saturated rings. The van der Waals surface area contributed by atoms with Crippen LogP contribution in [0.25, 0.3) is 10.8 Å². The smallest absolute Gasteiger partial charge is 0.408 e. The van der Waals surface area contributed by atoms with E-state index < -0.39 is 74.3 Å². The number of amides is 4. The Kier molecular flexibility index (Phi) is 11.3. The lowest BCUT2D eigenvalue weighted by Crippen LogP contribution is -2.59. The van der Waals surface area contributed by atoms with Gasteiger partial charge in [-0.3, -0.25) is 19.1 Å². The Morgan fingerprint density at radius 2 is 1.85 bits per heavy atom. The van der Waals surface area contributed by atoms with E-state index in [0.29, 0.717) is 55.1 Å². The van der Waals surface area contributed by atoms with Crippen molar-refractivity contribution in [3.8, 4) is 11.6 Å². The molecule has 5 atom stereocenters.